The Kier molecular flexibility index (Phi) is 5.57. The van der Waals surface area contributed by atoms with Crippen LogP contribution in [-0.2, 0) is 16.1 Å². The van der Waals surface area contributed by atoms with Crippen LogP contribution in [0.1, 0.15) is 27.3 Å². The van der Waals surface area contributed by atoms with Crippen molar-refractivity contribution in [3.63, 3.8) is 0 Å². The molecule has 2 heterocycles. The van der Waals surface area contributed by atoms with Crippen molar-refractivity contribution in [2.75, 3.05) is 12.4 Å². The van der Waals surface area contributed by atoms with E-state index >= 15 is 0 Å². The second kappa shape index (κ2) is 7.23. The van der Waals surface area contributed by atoms with Gasteiger partial charge in [0, 0.05) is 24.0 Å². The summed E-state index contributed by atoms with van der Waals surface area (Å²) < 4.78 is 7.54. The average molecular weight is 433 g/mol. The molecule has 0 aliphatic carbocycles. The lowest BCUT2D eigenvalue weighted by atomic mass is 10.3. The second-order valence-electron chi connectivity index (χ2n) is 4.72. The molecule has 0 unspecified atom stereocenters. The first-order valence-electron chi connectivity index (χ1n) is 6.59. The highest BCUT2D eigenvalue weighted by Gasteiger charge is 2.17. The molecule has 6 nitrogen and oxygen atoms in total. The first kappa shape index (κ1) is 16.9. The predicted octanol–water partition coefficient (Wildman–Crippen LogP) is 2.98. The van der Waals surface area contributed by atoms with Crippen molar-refractivity contribution < 1.29 is 14.3 Å². The van der Waals surface area contributed by atoms with Gasteiger partial charge in [-0.25, -0.2) is 4.79 Å². The van der Waals surface area contributed by atoms with Crippen molar-refractivity contribution in [2.24, 2.45) is 0 Å². The summed E-state index contributed by atoms with van der Waals surface area (Å²) in [4.78, 5) is 24.7. The first-order chi connectivity index (χ1) is 10.4. The van der Waals surface area contributed by atoms with Crippen molar-refractivity contribution in [1.82, 2.24) is 9.78 Å². The molecule has 0 saturated heterocycles. The van der Waals surface area contributed by atoms with Crippen LogP contribution >= 0.6 is 33.9 Å². The summed E-state index contributed by atoms with van der Waals surface area (Å²) in [7, 11) is 1.32. The minimum atomic E-state index is -0.447. The Morgan fingerprint density at radius 1 is 1.45 bits per heavy atom. The lowest BCUT2D eigenvalue weighted by Crippen LogP contribution is -2.16. The van der Waals surface area contributed by atoms with Crippen LogP contribution in [0.3, 0.4) is 0 Å². The Bertz CT molecular complexity index is 689. The molecule has 2 aromatic heterocycles. The summed E-state index contributed by atoms with van der Waals surface area (Å²) in [6.45, 7) is 4.30. The van der Waals surface area contributed by atoms with Crippen LogP contribution in [0.4, 0.5) is 5.00 Å². The van der Waals surface area contributed by atoms with Gasteiger partial charge in [0.25, 0.3) is 0 Å². The molecule has 0 saturated carbocycles. The van der Waals surface area contributed by atoms with Crippen LogP contribution in [0.15, 0.2) is 12.3 Å². The molecular weight excluding hydrogens is 417 g/mol. The highest BCUT2D eigenvalue weighted by Crippen LogP contribution is 2.28. The molecule has 0 radical (unpaired) electrons. The van der Waals surface area contributed by atoms with Gasteiger partial charge >= 0.3 is 5.97 Å². The molecule has 0 spiro atoms. The number of amides is 1. The molecular formula is C14H16IN3O3S. The number of esters is 1. The summed E-state index contributed by atoms with van der Waals surface area (Å²) in [5, 5.41) is 7.61. The normalized spacial score (nSPS) is 10.5. The Morgan fingerprint density at radius 3 is 2.77 bits per heavy atom. The predicted molar refractivity (Wildman–Crippen MR) is 93.3 cm³/mol. The van der Waals surface area contributed by atoms with Gasteiger partial charge < -0.3 is 10.1 Å². The third-order valence-electron chi connectivity index (χ3n) is 2.97. The fourth-order valence-corrected chi connectivity index (χ4v) is 3.23. The third-order valence-corrected chi connectivity index (χ3v) is 4.99. The monoisotopic (exact) mass is 433 g/mol. The van der Waals surface area contributed by atoms with E-state index < -0.39 is 5.97 Å². The number of aromatic nitrogens is 2. The zero-order valence-electron chi connectivity index (χ0n) is 12.5. The molecule has 0 atom stereocenters. The highest BCUT2D eigenvalue weighted by molar-refractivity contribution is 14.1. The van der Waals surface area contributed by atoms with E-state index in [1.165, 1.54) is 18.4 Å². The molecule has 8 heteroatoms. The zero-order chi connectivity index (χ0) is 16.3. The maximum absolute atomic E-state index is 12.1. The van der Waals surface area contributed by atoms with E-state index in [9.17, 15) is 9.59 Å². The third kappa shape index (κ3) is 4.07. The number of nitrogens with one attached hydrogen (secondary N) is 1. The zero-order valence-corrected chi connectivity index (χ0v) is 15.4. The summed E-state index contributed by atoms with van der Waals surface area (Å²) in [6, 6.07) is 1.71. The lowest BCUT2D eigenvalue weighted by Gasteiger charge is -2.05. The van der Waals surface area contributed by atoms with E-state index in [1.807, 2.05) is 20.0 Å². The molecule has 0 bridgehead atoms. The van der Waals surface area contributed by atoms with Gasteiger partial charge in [-0.3, -0.25) is 9.48 Å². The number of methoxy groups -OCH3 is 1. The number of nitrogens with zero attached hydrogens (tertiary/aromatic N) is 2. The molecule has 1 amide bonds. The van der Waals surface area contributed by atoms with Gasteiger partial charge in [-0.15, -0.1) is 11.3 Å². The number of halogens is 1. The number of thiophene rings is 1. The van der Waals surface area contributed by atoms with Crippen LogP contribution < -0.4 is 5.32 Å². The molecule has 0 aliphatic heterocycles. The molecule has 0 aliphatic rings. The van der Waals surface area contributed by atoms with Crippen molar-refractivity contribution in [3.05, 3.63) is 32.0 Å². The molecule has 2 aromatic rings. The van der Waals surface area contributed by atoms with Crippen molar-refractivity contribution in [3.8, 4) is 0 Å². The second-order valence-corrected chi connectivity index (χ2v) is 7.13. The van der Waals surface area contributed by atoms with Crippen LogP contribution in [0, 0.1) is 17.4 Å². The van der Waals surface area contributed by atoms with Crippen molar-refractivity contribution in [2.45, 2.75) is 26.8 Å². The lowest BCUT2D eigenvalue weighted by molar-refractivity contribution is -0.116. The van der Waals surface area contributed by atoms with E-state index in [0.717, 1.165) is 14.1 Å². The molecule has 1 N–H and O–H groups in total. The highest BCUT2D eigenvalue weighted by atomic mass is 127. The quantitative estimate of drug-likeness (QED) is 0.582. The number of ether oxygens (including phenoxy) is 1. The van der Waals surface area contributed by atoms with E-state index in [4.69, 9.17) is 4.74 Å². The number of carbonyl (C=O) groups excluding carboxylic acids is 2. The molecule has 22 heavy (non-hydrogen) atoms. The van der Waals surface area contributed by atoms with Gasteiger partial charge in [-0.05, 0) is 42.5 Å². The van der Waals surface area contributed by atoms with Crippen LogP contribution in [0.5, 0.6) is 0 Å². The fraction of sp³-hybridized carbons (Fsp3) is 0.357. The van der Waals surface area contributed by atoms with Crippen LogP contribution in [0.2, 0.25) is 0 Å². The SMILES string of the molecule is COC(=O)c1cc(C)sc1NC(=O)CCn1cc(I)c(C)n1. The largest absolute Gasteiger partial charge is 0.465 e. The Labute approximate surface area is 146 Å². The minimum Gasteiger partial charge on any atom is -0.465 e. The standard InChI is InChI=1S/C14H16IN3O3S/c1-8-6-10(14(20)21-3)13(22-8)16-12(19)4-5-18-7-11(15)9(2)17-18/h6-7H,4-5H2,1-3H3,(H,16,19). The summed E-state index contributed by atoms with van der Waals surface area (Å²) >= 11 is 3.56. The van der Waals surface area contributed by atoms with Crippen LogP contribution in [0.25, 0.3) is 0 Å². The molecule has 0 aromatic carbocycles. The smallest absolute Gasteiger partial charge is 0.340 e. The molecule has 0 fully saturated rings. The van der Waals surface area contributed by atoms with Gasteiger partial charge in [0.2, 0.25) is 5.91 Å². The van der Waals surface area contributed by atoms with Crippen LogP contribution in [-0.4, -0.2) is 28.8 Å². The maximum Gasteiger partial charge on any atom is 0.340 e. The minimum absolute atomic E-state index is 0.157. The summed E-state index contributed by atoms with van der Waals surface area (Å²) in [5.41, 5.74) is 1.34. The van der Waals surface area contributed by atoms with Gasteiger partial charge in [-0.1, -0.05) is 0 Å². The van der Waals surface area contributed by atoms with Gasteiger partial charge in [0.1, 0.15) is 5.00 Å². The Hall–Kier alpha value is -1.42. The van der Waals surface area contributed by atoms with E-state index in [2.05, 4.69) is 33.0 Å². The van der Waals surface area contributed by atoms with Gasteiger partial charge in [0.15, 0.2) is 0 Å². The summed E-state index contributed by atoms with van der Waals surface area (Å²) in [5.74, 6) is -0.605. The van der Waals surface area contributed by atoms with Gasteiger partial charge in [0.05, 0.1) is 21.9 Å². The van der Waals surface area contributed by atoms with Crippen molar-refractivity contribution in [1.29, 1.82) is 0 Å². The average Bonchev–Trinajstić information content (AvgIpc) is 2.99. The first-order valence-corrected chi connectivity index (χ1v) is 8.48. The topological polar surface area (TPSA) is 73.2 Å². The number of anilines is 1. The number of rotatable bonds is 5. The van der Waals surface area contributed by atoms with Crippen molar-refractivity contribution >= 4 is 50.8 Å². The Morgan fingerprint density at radius 2 is 2.18 bits per heavy atom. The molecule has 118 valence electrons. The number of carbonyl (C=O) groups is 2. The van der Waals surface area contributed by atoms with Gasteiger partial charge in [-0.2, -0.15) is 5.10 Å². The number of hydrogen-bond acceptors (Lipinski definition) is 5. The maximum atomic E-state index is 12.1. The molecule has 2 rings (SSSR count). The number of hydrogen-bond donors (Lipinski definition) is 1. The van der Waals surface area contributed by atoms with E-state index in [0.29, 0.717) is 17.1 Å². The summed E-state index contributed by atoms with van der Waals surface area (Å²) in [6.07, 6.45) is 2.19. The Balaban J connectivity index is 1.99. The van der Waals surface area contributed by atoms with E-state index in [-0.39, 0.29) is 12.3 Å². The van der Waals surface area contributed by atoms with E-state index in [1.54, 1.807) is 10.7 Å². The fourth-order valence-electron chi connectivity index (χ4n) is 1.88. The number of aryl methyl sites for hydroxylation is 3.